The molecule has 1 N–H and O–H groups in total. The van der Waals surface area contributed by atoms with Gasteiger partial charge in [0.05, 0.1) is 4.90 Å². The molecule has 7 nitrogen and oxygen atoms in total. The van der Waals surface area contributed by atoms with Crippen molar-refractivity contribution in [2.75, 3.05) is 26.2 Å². The van der Waals surface area contributed by atoms with Crippen LogP contribution >= 0.6 is 0 Å². The molecule has 1 aliphatic rings. The van der Waals surface area contributed by atoms with E-state index in [1.54, 1.807) is 23.6 Å². The zero-order valence-corrected chi connectivity index (χ0v) is 14.0. The molecule has 8 heteroatoms. The molecule has 0 unspecified atom stereocenters. The Bertz CT molecular complexity index is 662. The van der Waals surface area contributed by atoms with Gasteiger partial charge in [-0.2, -0.15) is 0 Å². The number of hydrogen-bond donors (Lipinski definition) is 1. The Morgan fingerprint density at radius 3 is 2.17 bits per heavy atom. The predicted molar refractivity (Wildman–Crippen MR) is 85.4 cm³/mol. The highest BCUT2D eigenvalue weighted by molar-refractivity contribution is 7.89. The monoisotopic (exact) mass is 339 g/mol. The number of carbonyl (C=O) groups is 2. The summed E-state index contributed by atoms with van der Waals surface area (Å²) in [7, 11) is -3.56. The minimum atomic E-state index is -3.56. The lowest BCUT2D eigenvalue weighted by Gasteiger charge is -2.32. The van der Waals surface area contributed by atoms with Crippen molar-refractivity contribution < 1.29 is 18.0 Å². The van der Waals surface area contributed by atoms with Gasteiger partial charge >= 0.3 is 0 Å². The Kier molecular flexibility index (Phi) is 5.38. The second kappa shape index (κ2) is 7.10. The zero-order valence-electron chi connectivity index (χ0n) is 13.2. The number of hydrogen-bond acceptors (Lipinski definition) is 4. The third-order valence-corrected chi connectivity index (χ3v) is 5.23. The zero-order chi connectivity index (χ0) is 17.0. The van der Waals surface area contributed by atoms with Gasteiger partial charge in [0.1, 0.15) is 0 Å². The van der Waals surface area contributed by atoms with Crippen LogP contribution in [0.5, 0.6) is 0 Å². The van der Waals surface area contributed by atoms with Gasteiger partial charge in [-0.3, -0.25) is 9.59 Å². The van der Waals surface area contributed by atoms with Crippen molar-refractivity contribution in [2.45, 2.75) is 24.8 Å². The highest BCUT2D eigenvalue weighted by Crippen LogP contribution is 2.14. The normalized spacial score (nSPS) is 15.8. The van der Waals surface area contributed by atoms with Gasteiger partial charge in [0.15, 0.2) is 0 Å². The smallest absolute Gasteiger partial charge is 0.253 e. The van der Waals surface area contributed by atoms with E-state index in [0.29, 0.717) is 31.7 Å². The summed E-state index contributed by atoms with van der Waals surface area (Å²) in [4.78, 5) is 26.5. The number of nitrogens with one attached hydrogen (secondary N) is 1. The van der Waals surface area contributed by atoms with Crippen molar-refractivity contribution in [3.8, 4) is 0 Å². The molecule has 0 saturated carbocycles. The number of sulfonamides is 1. The predicted octanol–water partition coefficient (Wildman–Crippen LogP) is 0.288. The SMILES string of the molecule is CC(C)NS(=O)(=O)c1ccc(C(=O)N2CCN(C=O)CC2)cc1. The standard InChI is InChI=1S/C15H21N3O4S/c1-12(2)16-23(21,22)14-5-3-13(4-6-14)15(20)18-9-7-17(11-19)8-10-18/h3-6,11-12,16H,7-10H2,1-2H3. The van der Waals surface area contributed by atoms with Crippen LogP contribution in [-0.4, -0.2) is 62.8 Å². The van der Waals surface area contributed by atoms with Crippen LogP contribution in [0.25, 0.3) is 0 Å². The summed E-state index contributed by atoms with van der Waals surface area (Å²) in [6.07, 6.45) is 0.781. The quantitative estimate of drug-likeness (QED) is 0.781. The molecule has 0 bridgehead atoms. The summed E-state index contributed by atoms with van der Waals surface area (Å²) in [6, 6.07) is 5.70. The van der Waals surface area contributed by atoms with E-state index >= 15 is 0 Å². The van der Waals surface area contributed by atoms with Crippen molar-refractivity contribution in [1.82, 2.24) is 14.5 Å². The number of amides is 2. The molecule has 0 spiro atoms. The third-order valence-electron chi connectivity index (χ3n) is 3.55. The molecular weight excluding hydrogens is 318 g/mol. The third kappa shape index (κ3) is 4.29. The highest BCUT2D eigenvalue weighted by atomic mass is 32.2. The fraction of sp³-hybridized carbons (Fsp3) is 0.467. The van der Waals surface area contributed by atoms with E-state index in [2.05, 4.69) is 4.72 Å². The maximum absolute atomic E-state index is 12.4. The Hall–Kier alpha value is -1.93. The molecule has 1 aromatic rings. The molecule has 2 rings (SSSR count). The molecule has 1 heterocycles. The van der Waals surface area contributed by atoms with Crippen LogP contribution in [-0.2, 0) is 14.8 Å². The number of rotatable bonds is 5. The lowest BCUT2D eigenvalue weighted by atomic mass is 10.2. The Morgan fingerprint density at radius 2 is 1.70 bits per heavy atom. The van der Waals surface area contributed by atoms with Gasteiger partial charge < -0.3 is 9.80 Å². The molecule has 1 aromatic carbocycles. The van der Waals surface area contributed by atoms with Gasteiger partial charge in [0.25, 0.3) is 5.91 Å². The lowest BCUT2D eigenvalue weighted by molar-refractivity contribution is -0.119. The van der Waals surface area contributed by atoms with Crippen LogP contribution < -0.4 is 4.72 Å². The lowest BCUT2D eigenvalue weighted by Crippen LogP contribution is -2.48. The topological polar surface area (TPSA) is 86.8 Å². The van der Waals surface area contributed by atoms with Gasteiger partial charge in [-0.05, 0) is 38.1 Å². The van der Waals surface area contributed by atoms with Gasteiger partial charge in [0.2, 0.25) is 16.4 Å². The van der Waals surface area contributed by atoms with Crippen molar-refractivity contribution in [3.05, 3.63) is 29.8 Å². The molecule has 0 radical (unpaired) electrons. The fourth-order valence-electron chi connectivity index (χ4n) is 2.37. The van der Waals surface area contributed by atoms with E-state index in [0.717, 1.165) is 6.41 Å². The summed E-state index contributed by atoms with van der Waals surface area (Å²) in [5.41, 5.74) is 0.438. The van der Waals surface area contributed by atoms with Crippen LogP contribution in [0.15, 0.2) is 29.2 Å². The molecule has 0 atom stereocenters. The van der Waals surface area contributed by atoms with E-state index in [9.17, 15) is 18.0 Å². The minimum absolute atomic E-state index is 0.133. The maximum atomic E-state index is 12.4. The van der Waals surface area contributed by atoms with Crippen LogP contribution in [0.2, 0.25) is 0 Å². The van der Waals surface area contributed by atoms with Crippen LogP contribution in [0.3, 0.4) is 0 Å². The second-order valence-electron chi connectivity index (χ2n) is 5.73. The van der Waals surface area contributed by atoms with Crippen molar-refractivity contribution in [2.24, 2.45) is 0 Å². The average molecular weight is 339 g/mol. The summed E-state index contributed by atoms with van der Waals surface area (Å²) >= 11 is 0. The number of nitrogens with zero attached hydrogens (tertiary/aromatic N) is 2. The van der Waals surface area contributed by atoms with E-state index in [-0.39, 0.29) is 16.8 Å². The fourth-order valence-corrected chi connectivity index (χ4v) is 3.62. The van der Waals surface area contributed by atoms with Crippen molar-refractivity contribution in [1.29, 1.82) is 0 Å². The van der Waals surface area contributed by atoms with Gasteiger partial charge in [0, 0.05) is 37.8 Å². The van der Waals surface area contributed by atoms with Gasteiger partial charge in [-0.25, -0.2) is 13.1 Å². The summed E-state index contributed by atoms with van der Waals surface area (Å²) in [6.45, 7) is 5.47. The number of carbonyl (C=O) groups excluding carboxylic acids is 2. The van der Waals surface area contributed by atoms with Gasteiger partial charge in [-0.15, -0.1) is 0 Å². The Labute approximate surface area is 136 Å². The molecule has 126 valence electrons. The summed E-state index contributed by atoms with van der Waals surface area (Å²) < 4.78 is 26.6. The first-order valence-electron chi connectivity index (χ1n) is 7.44. The first-order valence-corrected chi connectivity index (χ1v) is 8.93. The second-order valence-corrected chi connectivity index (χ2v) is 7.45. The minimum Gasteiger partial charge on any atom is -0.342 e. The molecule has 0 aliphatic carbocycles. The largest absolute Gasteiger partial charge is 0.342 e. The molecule has 23 heavy (non-hydrogen) atoms. The number of piperazine rings is 1. The average Bonchev–Trinajstić information content (AvgIpc) is 2.53. The number of benzene rings is 1. The first-order chi connectivity index (χ1) is 10.8. The maximum Gasteiger partial charge on any atom is 0.253 e. The molecule has 1 aliphatic heterocycles. The highest BCUT2D eigenvalue weighted by Gasteiger charge is 2.22. The molecular formula is C15H21N3O4S. The van der Waals surface area contributed by atoms with Crippen LogP contribution in [0.1, 0.15) is 24.2 Å². The molecule has 2 amide bonds. The molecule has 0 aromatic heterocycles. The van der Waals surface area contributed by atoms with Crippen molar-refractivity contribution in [3.63, 3.8) is 0 Å². The Balaban J connectivity index is 2.08. The Morgan fingerprint density at radius 1 is 1.13 bits per heavy atom. The molecule has 1 saturated heterocycles. The van der Waals surface area contributed by atoms with Crippen LogP contribution in [0.4, 0.5) is 0 Å². The van der Waals surface area contributed by atoms with Gasteiger partial charge in [-0.1, -0.05) is 0 Å². The van der Waals surface area contributed by atoms with E-state index < -0.39 is 10.0 Å². The van der Waals surface area contributed by atoms with E-state index in [4.69, 9.17) is 0 Å². The summed E-state index contributed by atoms with van der Waals surface area (Å²) in [5, 5.41) is 0. The van der Waals surface area contributed by atoms with E-state index in [1.165, 1.54) is 24.3 Å². The summed E-state index contributed by atoms with van der Waals surface area (Å²) in [5.74, 6) is -0.156. The molecule has 1 fully saturated rings. The van der Waals surface area contributed by atoms with E-state index in [1.807, 2.05) is 0 Å². The van der Waals surface area contributed by atoms with Crippen molar-refractivity contribution >= 4 is 22.3 Å². The van der Waals surface area contributed by atoms with Crippen LogP contribution in [0, 0.1) is 0 Å². The first kappa shape index (κ1) is 17.4.